The molecule has 0 atom stereocenters. The number of carbonyl (C=O) groups is 1. The predicted molar refractivity (Wildman–Crippen MR) is 119 cm³/mol. The van der Waals surface area contributed by atoms with Crippen molar-refractivity contribution in [3.63, 3.8) is 0 Å². The van der Waals surface area contributed by atoms with Gasteiger partial charge in [-0.25, -0.2) is 13.4 Å². The van der Waals surface area contributed by atoms with E-state index in [9.17, 15) is 23.1 Å². The molecule has 1 saturated heterocycles. The predicted octanol–water partition coefficient (Wildman–Crippen LogP) is 1.40. The third-order valence-corrected chi connectivity index (χ3v) is 7.49. The quantitative estimate of drug-likeness (QED) is 0.598. The number of hydrogen-bond acceptors (Lipinski definition) is 6. The van der Waals surface area contributed by atoms with Crippen molar-refractivity contribution in [2.75, 3.05) is 26.2 Å². The Morgan fingerprint density at radius 1 is 1.12 bits per heavy atom. The van der Waals surface area contributed by atoms with Crippen molar-refractivity contribution < 1.29 is 18.3 Å². The van der Waals surface area contributed by atoms with Crippen LogP contribution in [0, 0.1) is 6.92 Å². The van der Waals surface area contributed by atoms with Gasteiger partial charge in [0.2, 0.25) is 15.9 Å². The number of phenolic OH excluding ortho intramolecular Hbond substituents is 1. The fraction of sp³-hybridized carbons (Fsp3) is 0.318. The molecule has 1 aliphatic heterocycles. The van der Waals surface area contributed by atoms with Crippen LogP contribution in [0.2, 0.25) is 0 Å². The molecular formula is C22H24N4O5S. The normalized spacial score (nSPS) is 15.2. The highest BCUT2D eigenvalue weighted by Gasteiger charge is 2.31. The molecule has 2 heterocycles. The van der Waals surface area contributed by atoms with E-state index in [1.54, 1.807) is 42.2 Å². The summed E-state index contributed by atoms with van der Waals surface area (Å²) in [7, 11) is -3.85. The molecule has 32 heavy (non-hydrogen) atoms. The second kappa shape index (κ2) is 8.71. The number of nitrogens with one attached hydrogen (secondary N) is 1. The number of fused-ring (bicyclic) bond motifs is 1. The van der Waals surface area contributed by atoms with Crippen molar-refractivity contribution in [2.24, 2.45) is 0 Å². The van der Waals surface area contributed by atoms with E-state index in [-0.39, 0.29) is 61.1 Å². The fourth-order valence-electron chi connectivity index (χ4n) is 3.78. The molecule has 0 unspecified atom stereocenters. The first-order valence-electron chi connectivity index (χ1n) is 10.3. The minimum atomic E-state index is -3.85. The molecule has 4 rings (SSSR count). The Labute approximate surface area is 185 Å². The molecule has 0 bridgehead atoms. The van der Waals surface area contributed by atoms with Crippen LogP contribution in [0.4, 0.5) is 0 Å². The molecule has 10 heteroatoms. The molecule has 0 spiro atoms. The van der Waals surface area contributed by atoms with Crippen molar-refractivity contribution in [3.05, 3.63) is 64.2 Å². The zero-order valence-corrected chi connectivity index (χ0v) is 18.4. The number of sulfonamides is 1. The lowest BCUT2D eigenvalue weighted by Gasteiger charge is -2.34. The molecule has 2 N–H and O–H groups in total. The Balaban J connectivity index is 1.38. The number of aryl methyl sites for hydroxylation is 2. The Hall–Kier alpha value is -3.24. The number of amides is 1. The molecule has 1 aliphatic rings. The summed E-state index contributed by atoms with van der Waals surface area (Å²) in [6.45, 7) is 2.56. The Kier molecular flexibility index (Phi) is 5.98. The van der Waals surface area contributed by atoms with E-state index in [0.717, 1.165) is 5.56 Å². The van der Waals surface area contributed by atoms with E-state index in [0.29, 0.717) is 16.7 Å². The average Bonchev–Trinajstić information content (AvgIpc) is 2.79. The van der Waals surface area contributed by atoms with Crippen LogP contribution in [0.15, 0.2) is 52.2 Å². The van der Waals surface area contributed by atoms with Gasteiger partial charge in [-0.05, 0) is 36.8 Å². The van der Waals surface area contributed by atoms with Gasteiger partial charge in [-0.1, -0.05) is 18.2 Å². The monoisotopic (exact) mass is 456 g/mol. The molecule has 3 aromatic rings. The number of aromatic nitrogens is 2. The third-order valence-electron chi connectivity index (χ3n) is 5.56. The summed E-state index contributed by atoms with van der Waals surface area (Å²) in [5, 5.41) is 10.5. The van der Waals surface area contributed by atoms with Crippen LogP contribution < -0.4 is 5.56 Å². The first-order chi connectivity index (χ1) is 15.3. The van der Waals surface area contributed by atoms with Crippen molar-refractivity contribution in [1.29, 1.82) is 0 Å². The minimum absolute atomic E-state index is 0.122. The van der Waals surface area contributed by atoms with Crippen LogP contribution in [-0.4, -0.2) is 64.8 Å². The number of aromatic hydroxyl groups is 1. The van der Waals surface area contributed by atoms with Crippen molar-refractivity contribution in [1.82, 2.24) is 19.2 Å². The van der Waals surface area contributed by atoms with E-state index < -0.39 is 10.0 Å². The number of nitrogens with zero attached hydrogens (tertiary/aromatic N) is 3. The summed E-state index contributed by atoms with van der Waals surface area (Å²) in [6, 6.07) is 11.5. The van der Waals surface area contributed by atoms with E-state index in [1.807, 2.05) is 0 Å². The van der Waals surface area contributed by atoms with Crippen LogP contribution in [-0.2, 0) is 21.2 Å². The Morgan fingerprint density at radius 2 is 1.84 bits per heavy atom. The molecule has 168 valence electrons. The summed E-state index contributed by atoms with van der Waals surface area (Å²) < 4.78 is 27.1. The lowest BCUT2D eigenvalue weighted by molar-refractivity contribution is -0.132. The average molecular weight is 457 g/mol. The third kappa shape index (κ3) is 4.37. The summed E-state index contributed by atoms with van der Waals surface area (Å²) in [4.78, 5) is 33.4. The van der Waals surface area contributed by atoms with Crippen molar-refractivity contribution in [3.8, 4) is 5.75 Å². The topological polar surface area (TPSA) is 124 Å². The maximum absolute atomic E-state index is 12.9. The highest BCUT2D eigenvalue weighted by molar-refractivity contribution is 7.89. The van der Waals surface area contributed by atoms with E-state index in [4.69, 9.17) is 0 Å². The number of aromatic amines is 1. The van der Waals surface area contributed by atoms with Crippen LogP contribution >= 0.6 is 0 Å². The molecule has 1 amide bonds. The SMILES string of the molecule is Cc1ccc(O)c(S(=O)(=O)N2CCN(C(=O)CCc3nc4ccccc4c(=O)[nH]3)CC2)c1. The smallest absolute Gasteiger partial charge is 0.258 e. The molecule has 1 fully saturated rings. The van der Waals surface area contributed by atoms with E-state index >= 15 is 0 Å². The van der Waals surface area contributed by atoms with Crippen LogP contribution in [0.1, 0.15) is 17.8 Å². The molecule has 9 nitrogen and oxygen atoms in total. The number of phenols is 1. The van der Waals surface area contributed by atoms with Gasteiger partial charge in [0.05, 0.1) is 10.9 Å². The fourth-order valence-corrected chi connectivity index (χ4v) is 5.37. The van der Waals surface area contributed by atoms with Crippen LogP contribution in [0.5, 0.6) is 5.75 Å². The molecule has 0 saturated carbocycles. The summed E-state index contributed by atoms with van der Waals surface area (Å²) in [5.41, 5.74) is 1.07. The number of hydrogen-bond donors (Lipinski definition) is 2. The van der Waals surface area contributed by atoms with Gasteiger partial charge < -0.3 is 15.0 Å². The molecule has 0 radical (unpaired) electrons. The van der Waals surface area contributed by atoms with Crippen LogP contribution in [0.25, 0.3) is 10.9 Å². The number of carbonyl (C=O) groups excluding carboxylic acids is 1. The maximum Gasteiger partial charge on any atom is 0.258 e. The lowest BCUT2D eigenvalue weighted by atomic mass is 10.2. The first-order valence-corrected chi connectivity index (χ1v) is 11.8. The Bertz CT molecular complexity index is 1330. The maximum atomic E-state index is 12.9. The zero-order chi connectivity index (χ0) is 22.9. The second-order valence-corrected chi connectivity index (χ2v) is 9.69. The molecule has 2 aromatic carbocycles. The summed E-state index contributed by atoms with van der Waals surface area (Å²) in [6.07, 6.45) is 0.446. The number of benzene rings is 2. The van der Waals surface area contributed by atoms with Gasteiger partial charge in [-0.15, -0.1) is 0 Å². The van der Waals surface area contributed by atoms with Crippen molar-refractivity contribution >= 4 is 26.8 Å². The van der Waals surface area contributed by atoms with Gasteiger partial charge in [0, 0.05) is 39.0 Å². The van der Waals surface area contributed by atoms with Gasteiger partial charge in [0.15, 0.2) is 0 Å². The number of H-pyrrole nitrogens is 1. The van der Waals surface area contributed by atoms with Gasteiger partial charge in [0.25, 0.3) is 5.56 Å². The summed E-state index contributed by atoms with van der Waals surface area (Å²) in [5.74, 6) is 0.0282. The lowest BCUT2D eigenvalue weighted by Crippen LogP contribution is -2.50. The standard InChI is InChI=1S/C22H24N4O5S/c1-15-6-7-18(27)19(14-15)32(30,31)26-12-10-25(11-13-26)21(28)9-8-20-23-17-5-3-2-4-16(17)22(29)24-20/h2-7,14,27H,8-13H2,1H3,(H,23,24,29). The second-order valence-electron chi connectivity index (χ2n) is 7.79. The van der Waals surface area contributed by atoms with E-state index in [1.165, 1.54) is 16.4 Å². The summed E-state index contributed by atoms with van der Waals surface area (Å²) >= 11 is 0. The van der Waals surface area contributed by atoms with Gasteiger partial charge in [-0.2, -0.15) is 4.31 Å². The van der Waals surface area contributed by atoms with Gasteiger partial charge in [0.1, 0.15) is 16.5 Å². The van der Waals surface area contributed by atoms with Crippen molar-refractivity contribution in [2.45, 2.75) is 24.7 Å². The number of para-hydroxylation sites is 1. The largest absolute Gasteiger partial charge is 0.507 e. The highest BCUT2D eigenvalue weighted by atomic mass is 32.2. The minimum Gasteiger partial charge on any atom is -0.507 e. The zero-order valence-electron chi connectivity index (χ0n) is 17.6. The van der Waals surface area contributed by atoms with Crippen LogP contribution in [0.3, 0.4) is 0 Å². The number of piperazine rings is 1. The number of rotatable bonds is 5. The van der Waals surface area contributed by atoms with E-state index in [2.05, 4.69) is 9.97 Å². The highest BCUT2D eigenvalue weighted by Crippen LogP contribution is 2.27. The first kappa shape index (κ1) is 22.0. The van der Waals surface area contributed by atoms with Gasteiger partial charge in [-0.3, -0.25) is 9.59 Å². The molecular weight excluding hydrogens is 432 g/mol. The molecule has 1 aromatic heterocycles. The molecule has 0 aliphatic carbocycles. The Morgan fingerprint density at radius 3 is 2.59 bits per heavy atom. The van der Waals surface area contributed by atoms with Gasteiger partial charge >= 0.3 is 0 Å².